The van der Waals surface area contributed by atoms with Gasteiger partial charge in [-0.25, -0.2) is 0 Å². The number of ether oxygens (including phenoxy) is 2. The maximum absolute atomic E-state index is 10.9. The summed E-state index contributed by atoms with van der Waals surface area (Å²) in [7, 11) is -0.742. The minimum atomic E-state index is -2.24. The molecule has 0 saturated carbocycles. The molecule has 2 N–H and O–H groups in total. The van der Waals surface area contributed by atoms with Gasteiger partial charge in [0.05, 0.1) is 6.61 Å². The number of methoxy groups -OCH3 is 1. The smallest absolute Gasteiger partial charge is 0.303 e. The molecule has 0 fully saturated rings. The van der Waals surface area contributed by atoms with Crippen LogP contribution in [-0.2, 0) is 18.7 Å². The van der Waals surface area contributed by atoms with Gasteiger partial charge in [0, 0.05) is 23.3 Å². The van der Waals surface area contributed by atoms with Crippen molar-refractivity contribution in [1.82, 2.24) is 0 Å². The van der Waals surface area contributed by atoms with Crippen LogP contribution in [0.25, 0.3) is 0 Å². The van der Waals surface area contributed by atoms with Gasteiger partial charge in [0.1, 0.15) is 18.5 Å². The van der Waals surface area contributed by atoms with Crippen LogP contribution < -0.4 is 0 Å². The number of carbonyl (C=O) groups is 1. The Hall–Kier alpha value is -2.30. The minimum absolute atomic E-state index is 0.0324. The zero-order valence-electron chi connectivity index (χ0n) is 23.0. The summed E-state index contributed by atoms with van der Waals surface area (Å²) < 4.78 is 17.1. The number of aliphatic hydroxyl groups is 1. The normalized spacial score (nSPS) is 14.8. The Labute approximate surface area is 227 Å². The number of hydrogen-bond donors (Lipinski definition) is 2. The van der Waals surface area contributed by atoms with Crippen molar-refractivity contribution in [3.05, 3.63) is 53.5 Å². The van der Waals surface area contributed by atoms with Gasteiger partial charge in [0.2, 0.25) is 0 Å². The Bertz CT molecular complexity index is 1040. The molecule has 0 aliphatic rings. The first-order valence-corrected chi connectivity index (χ1v) is 15.8. The van der Waals surface area contributed by atoms with Gasteiger partial charge in [-0.1, -0.05) is 74.4 Å². The molecule has 1 aromatic rings. The lowest BCUT2D eigenvalue weighted by molar-refractivity contribution is -0.138. The van der Waals surface area contributed by atoms with E-state index in [2.05, 4.69) is 57.5 Å². The summed E-state index contributed by atoms with van der Waals surface area (Å²) in [6.07, 6.45) is 4.65. The highest BCUT2D eigenvalue weighted by Crippen LogP contribution is 2.44. The predicted molar refractivity (Wildman–Crippen MR) is 152 cm³/mol. The van der Waals surface area contributed by atoms with Crippen LogP contribution in [0.4, 0.5) is 0 Å². The highest BCUT2D eigenvalue weighted by molar-refractivity contribution is 8.03. The fourth-order valence-corrected chi connectivity index (χ4v) is 5.39. The van der Waals surface area contributed by atoms with Crippen LogP contribution in [0.2, 0.25) is 18.1 Å². The molecule has 0 bridgehead atoms. The van der Waals surface area contributed by atoms with Crippen molar-refractivity contribution in [2.75, 3.05) is 20.5 Å². The van der Waals surface area contributed by atoms with Crippen LogP contribution >= 0.6 is 11.8 Å². The highest BCUT2D eigenvalue weighted by Gasteiger charge is 2.44. The standard InChI is InChI=1S/C29H40O6SSi/c1-28(2,3)37(6,7)35-29(4,26(20-22-30)36-25-16-12-10-13-17-25)21-14-9-8-11-15-24(34-23-33-5)18-19-27(31)32/h8-10,12-13,16-17,20,24,30H,18-19,22-23H2,1-7H3,(H,31,32)/b9-8-,26-20-/t24-,29-/m1/s1. The van der Waals surface area contributed by atoms with Crippen LogP contribution in [0.15, 0.2) is 58.4 Å². The largest absolute Gasteiger partial charge is 0.481 e. The molecule has 37 heavy (non-hydrogen) atoms. The third-order valence-corrected chi connectivity index (χ3v) is 11.6. The van der Waals surface area contributed by atoms with Gasteiger partial charge in [-0.15, -0.1) is 0 Å². The SMILES string of the molecule is COCO[C@H](C#C/C=C\C#C[C@@](C)(O[Si](C)(C)C(C)(C)C)/C(=C/CO)Sc1ccccc1)CCC(=O)O. The van der Waals surface area contributed by atoms with Crippen molar-refractivity contribution in [3.63, 3.8) is 0 Å². The third-order valence-electron chi connectivity index (χ3n) is 5.80. The number of allylic oxidation sites excluding steroid dienone is 2. The summed E-state index contributed by atoms with van der Waals surface area (Å²) in [4.78, 5) is 12.7. The second-order valence-corrected chi connectivity index (χ2v) is 15.8. The van der Waals surface area contributed by atoms with E-state index in [1.165, 1.54) is 18.9 Å². The number of aliphatic hydroxyl groups excluding tert-OH is 1. The van der Waals surface area contributed by atoms with Crippen molar-refractivity contribution >= 4 is 26.0 Å². The molecule has 0 aromatic heterocycles. The molecule has 0 aliphatic carbocycles. The first-order chi connectivity index (χ1) is 17.3. The first-order valence-electron chi connectivity index (χ1n) is 12.1. The second-order valence-electron chi connectivity index (χ2n) is 9.95. The van der Waals surface area contributed by atoms with Gasteiger partial charge >= 0.3 is 5.97 Å². The van der Waals surface area contributed by atoms with E-state index in [0.29, 0.717) is 0 Å². The average molecular weight is 545 g/mol. The van der Waals surface area contributed by atoms with E-state index in [4.69, 9.17) is 19.0 Å². The summed E-state index contributed by atoms with van der Waals surface area (Å²) >= 11 is 1.53. The van der Waals surface area contributed by atoms with Crippen LogP contribution in [0.3, 0.4) is 0 Å². The third kappa shape index (κ3) is 12.2. The minimum Gasteiger partial charge on any atom is -0.481 e. The van der Waals surface area contributed by atoms with E-state index in [1.54, 1.807) is 18.2 Å². The van der Waals surface area contributed by atoms with E-state index >= 15 is 0 Å². The quantitative estimate of drug-likeness (QED) is 0.148. The molecule has 0 spiro atoms. The van der Waals surface area contributed by atoms with E-state index in [-0.39, 0.29) is 31.3 Å². The first kappa shape index (κ1) is 32.7. The number of rotatable bonds is 12. The molecule has 0 radical (unpaired) electrons. The molecule has 0 saturated heterocycles. The van der Waals surface area contributed by atoms with E-state index in [9.17, 15) is 9.90 Å². The highest BCUT2D eigenvalue weighted by atomic mass is 32.2. The predicted octanol–water partition coefficient (Wildman–Crippen LogP) is 5.85. The number of aliphatic carboxylic acids is 1. The Morgan fingerprint density at radius 2 is 1.78 bits per heavy atom. The van der Waals surface area contributed by atoms with Crippen LogP contribution in [-0.4, -0.2) is 56.7 Å². The van der Waals surface area contributed by atoms with Gasteiger partial charge in [-0.2, -0.15) is 0 Å². The number of benzene rings is 1. The lowest BCUT2D eigenvalue weighted by Gasteiger charge is -2.42. The van der Waals surface area contributed by atoms with Crippen molar-refractivity contribution in [2.45, 2.75) is 75.3 Å². The molecule has 1 rings (SSSR count). The van der Waals surface area contributed by atoms with E-state index < -0.39 is 26.0 Å². The topological polar surface area (TPSA) is 85.2 Å². The average Bonchev–Trinajstić information content (AvgIpc) is 2.81. The molecule has 1 aromatic carbocycles. The molecule has 0 heterocycles. The molecule has 6 nitrogen and oxygen atoms in total. The van der Waals surface area contributed by atoms with Crippen LogP contribution in [0.1, 0.15) is 40.5 Å². The Balaban J connectivity index is 3.26. The summed E-state index contributed by atoms with van der Waals surface area (Å²) in [5.41, 5.74) is -0.949. The van der Waals surface area contributed by atoms with Gasteiger partial charge in [0.15, 0.2) is 8.32 Å². The zero-order valence-corrected chi connectivity index (χ0v) is 24.8. The molecule has 0 amide bonds. The van der Waals surface area contributed by atoms with Crippen molar-refractivity contribution < 1.29 is 28.9 Å². The fraction of sp³-hybridized carbons (Fsp3) is 0.483. The maximum atomic E-state index is 10.9. The number of thioether (sulfide) groups is 1. The van der Waals surface area contributed by atoms with Crippen molar-refractivity contribution in [2.24, 2.45) is 0 Å². The van der Waals surface area contributed by atoms with Gasteiger partial charge in [0.25, 0.3) is 0 Å². The van der Waals surface area contributed by atoms with E-state index in [0.717, 1.165) is 9.80 Å². The van der Waals surface area contributed by atoms with Crippen LogP contribution in [0.5, 0.6) is 0 Å². The Kier molecular flexibility index (Phi) is 14.0. The second kappa shape index (κ2) is 15.8. The number of carboxylic acid groups (broad SMARTS) is 1. The molecule has 0 aliphatic heterocycles. The summed E-state index contributed by atoms with van der Waals surface area (Å²) in [5.74, 6) is 11.2. The number of carboxylic acids is 1. The molecular weight excluding hydrogens is 504 g/mol. The molecule has 8 heteroatoms. The van der Waals surface area contributed by atoms with Crippen molar-refractivity contribution in [1.29, 1.82) is 0 Å². The fourth-order valence-electron chi connectivity index (χ4n) is 2.84. The Morgan fingerprint density at radius 1 is 1.14 bits per heavy atom. The molecule has 2 atom stereocenters. The van der Waals surface area contributed by atoms with E-state index in [1.807, 2.05) is 37.3 Å². The summed E-state index contributed by atoms with van der Waals surface area (Å²) in [5, 5.41) is 18.7. The number of hydrogen-bond acceptors (Lipinski definition) is 6. The molecule has 0 unspecified atom stereocenters. The summed E-state index contributed by atoms with van der Waals surface area (Å²) in [6.45, 7) is 12.7. The van der Waals surface area contributed by atoms with Gasteiger partial charge in [-0.3, -0.25) is 4.79 Å². The van der Waals surface area contributed by atoms with Gasteiger partial charge < -0.3 is 24.1 Å². The maximum Gasteiger partial charge on any atom is 0.303 e. The molecule has 202 valence electrons. The lowest BCUT2D eigenvalue weighted by Crippen LogP contribution is -2.48. The van der Waals surface area contributed by atoms with Crippen LogP contribution in [0, 0.1) is 23.7 Å². The Morgan fingerprint density at radius 3 is 2.35 bits per heavy atom. The zero-order chi connectivity index (χ0) is 28.0. The lowest BCUT2D eigenvalue weighted by atomic mass is 10.1. The molecular formula is C29H40O6SSi. The summed E-state index contributed by atoms with van der Waals surface area (Å²) in [6, 6.07) is 9.93. The van der Waals surface area contributed by atoms with Crippen molar-refractivity contribution in [3.8, 4) is 23.7 Å². The van der Waals surface area contributed by atoms with Gasteiger partial charge in [-0.05, 0) is 61.8 Å². The monoisotopic (exact) mass is 544 g/mol.